The fraction of sp³-hybridized carbons (Fsp3) is 0.222. The van der Waals surface area contributed by atoms with Gasteiger partial charge in [0.25, 0.3) is 0 Å². The van der Waals surface area contributed by atoms with Gasteiger partial charge in [-0.2, -0.15) is 0 Å². The van der Waals surface area contributed by atoms with Crippen LogP contribution in [-0.2, 0) is 0 Å². The third-order valence-electron chi connectivity index (χ3n) is 4.65. The zero-order chi connectivity index (χ0) is 19.3. The van der Waals surface area contributed by atoms with Crippen molar-refractivity contribution < 1.29 is 14.3 Å². The van der Waals surface area contributed by atoms with Crippen molar-refractivity contribution in [3.05, 3.63) is 53.4 Å². The number of aryl methyl sites for hydroxylation is 1. The molecule has 9 nitrogen and oxygen atoms in total. The second-order valence-electron chi connectivity index (χ2n) is 6.33. The van der Waals surface area contributed by atoms with Gasteiger partial charge in [0.15, 0.2) is 6.23 Å². The van der Waals surface area contributed by atoms with Crippen LogP contribution in [0.1, 0.15) is 17.7 Å². The second-order valence-corrected chi connectivity index (χ2v) is 6.69. The van der Waals surface area contributed by atoms with Crippen molar-refractivity contribution in [3.8, 4) is 11.9 Å². The van der Waals surface area contributed by atoms with Crippen molar-refractivity contribution in [1.82, 2.24) is 24.7 Å². The first-order valence-corrected chi connectivity index (χ1v) is 8.99. The Morgan fingerprint density at radius 3 is 2.93 bits per heavy atom. The van der Waals surface area contributed by atoms with E-state index in [1.54, 1.807) is 11.8 Å². The van der Waals surface area contributed by atoms with Gasteiger partial charge in [-0.15, -0.1) is 5.10 Å². The van der Waals surface area contributed by atoms with E-state index in [4.69, 9.17) is 20.8 Å². The van der Waals surface area contributed by atoms with Crippen molar-refractivity contribution in [1.29, 1.82) is 0 Å². The van der Waals surface area contributed by atoms with Gasteiger partial charge in [-0.3, -0.25) is 4.57 Å². The minimum atomic E-state index is -1.02. The predicted octanol–water partition coefficient (Wildman–Crippen LogP) is 2.66. The van der Waals surface area contributed by atoms with Gasteiger partial charge >= 0.3 is 6.01 Å². The van der Waals surface area contributed by atoms with Gasteiger partial charge in [-0.25, -0.2) is 9.97 Å². The summed E-state index contributed by atoms with van der Waals surface area (Å²) >= 11 is 6.19. The van der Waals surface area contributed by atoms with Crippen LogP contribution >= 0.6 is 11.6 Å². The van der Waals surface area contributed by atoms with E-state index in [-0.39, 0.29) is 5.15 Å². The normalized spacial score (nSPS) is 16.7. The second kappa shape index (κ2) is 6.47. The number of nitrogens with zero attached hydrogens (tertiary/aromatic N) is 6. The molecule has 0 saturated carbocycles. The third-order valence-corrected chi connectivity index (χ3v) is 4.95. The van der Waals surface area contributed by atoms with Crippen LogP contribution < -0.4 is 9.64 Å². The van der Waals surface area contributed by atoms with E-state index in [2.05, 4.69) is 20.2 Å². The number of halogens is 1. The zero-order valence-electron chi connectivity index (χ0n) is 14.8. The number of aliphatic hydroxyl groups excluding tert-OH is 1. The molecule has 1 N–H and O–H groups in total. The molecule has 0 spiro atoms. The van der Waals surface area contributed by atoms with Crippen LogP contribution in [0.15, 0.2) is 41.2 Å². The summed E-state index contributed by atoms with van der Waals surface area (Å²) in [6, 6.07) is 8.17. The summed E-state index contributed by atoms with van der Waals surface area (Å²) in [6.07, 6.45) is 2.16. The highest BCUT2D eigenvalue weighted by atomic mass is 35.5. The van der Waals surface area contributed by atoms with Gasteiger partial charge in [0, 0.05) is 24.2 Å². The molecule has 1 aromatic carbocycles. The van der Waals surface area contributed by atoms with Gasteiger partial charge in [0.2, 0.25) is 11.8 Å². The summed E-state index contributed by atoms with van der Waals surface area (Å²) in [7, 11) is 0. The lowest BCUT2D eigenvalue weighted by Gasteiger charge is -2.27. The summed E-state index contributed by atoms with van der Waals surface area (Å²) in [5.74, 6) is 0.799. The number of aliphatic hydroxyl groups is 1. The standard InChI is InChI=1S/C18H15ClN6O3/c1-10-22-23-18(28-10)25-5-4-11-8-12(2-3-13(11)25)24-6-7-27-16-14(17(24)26)15(19)20-9-21-16/h2-5,8-9,17,26H,6-7H2,1H3. The highest BCUT2D eigenvalue weighted by Gasteiger charge is 2.29. The maximum atomic E-state index is 10.9. The van der Waals surface area contributed by atoms with Gasteiger partial charge in [-0.05, 0) is 24.3 Å². The Morgan fingerprint density at radius 2 is 2.11 bits per heavy atom. The highest BCUT2D eigenvalue weighted by molar-refractivity contribution is 6.30. The van der Waals surface area contributed by atoms with Crippen molar-refractivity contribution in [2.75, 3.05) is 18.1 Å². The molecule has 28 heavy (non-hydrogen) atoms. The Kier molecular flexibility index (Phi) is 3.92. The molecule has 5 rings (SSSR count). The molecule has 0 bridgehead atoms. The first-order chi connectivity index (χ1) is 13.6. The van der Waals surface area contributed by atoms with Crippen LogP contribution in [0.25, 0.3) is 16.9 Å². The summed E-state index contributed by atoms with van der Waals surface area (Å²) in [4.78, 5) is 9.84. The molecule has 0 radical (unpaired) electrons. The lowest BCUT2D eigenvalue weighted by atomic mass is 10.2. The van der Waals surface area contributed by atoms with Gasteiger partial charge in [-0.1, -0.05) is 16.7 Å². The Balaban J connectivity index is 1.55. The van der Waals surface area contributed by atoms with Gasteiger partial charge in [0.1, 0.15) is 23.7 Å². The average Bonchev–Trinajstić information content (AvgIpc) is 3.25. The third kappa shape index (κ3) is 2.67. The SMILES string of the molecule is Cc1nnc(-n2ccc3cc(N4CCOc5ncnc(Cl)c5C4O)ccc32)o1. The smallest absolute Gasteiger partial charge is 0.327 e. The molecular formula is C18H15ClN6O3. The molecule has 142 valence electrons. The number of hydrogen-bond donors (Lipinski definition) is 1. The molecule has 0 saturated heterocycles. The summed E-state index contributed by atoms with van der Waals surface area (Å²) in [5.41, 5.74) is 2.09. The van der Waals surface area contributed by atoms with Crippen LogP contribution in [0, 0.1) is 6.92 Å². The highest BCUT2D eigenvalue weighted by Crippen LogP contribution is 2.36. The summed E-state index contributed by atoms with van der Waals surface area (Å²) < 4.78 is 13.0. The molecule has 0 fully saturated rings. The Hall–Kier alpha value is -3.17. The number of rotatable bonds is 2. The van der Waals surface area contributed by atoms with E-state index < -0.39 is 6.23 Å². The predicted molar refractivity (Wildman–Crippen MR) is 101 cm³/mol. The van der Waals surface area contributed by atoms with Crippen molar-refractivity contribution in [2.24, 2.45) is 0 Å². The van der Waals surface area contributed by atoms with Crippen LogP contribution in [0.2, 0.25) is 5.15 Å². The molecule has 1 atom stereocenters. The van der Waals surface area contributed by atoms with E-state index in [9.17, 15) is 5.11 Å². The number of fused-ring (bicyclic) bond motifs is 2. The molecular weight excluding hydrogens is 384 g/mol. The number of anilines is 1. The van der Waals surface area contributed by atoms with E-state index in [0.717, 1.165) is 16.6 Å². The molecule has 0 aliphatic carbocycles. The number of ether oxygens (including phenoxy) is 1. The van der Waals surface area contributed by atoms with E-state index in [0.29, 0.717) is 36.5 Å². The average molecular weight is 399 g/mol. The number of hydrogen-bond acceptors (Lipinski definition) is 8. The van der Waals surface area contributed by atoms with Crippen LogP contribution in [0.4, 0.5) is 5.69 Å². The molecule has 0 amide bonds. The molecule has 1 aliphatic heterocycles. The monoisotopic (exact) mass is 398 g/mol. The number of benzene rings is 1. The molecule has 4 heterocycles. The fourth-order valence-electron chi connectivity index (χ4n) is 3.34. The minimum absolute atomic E-state index is 0.170. The maximum absolute atomic E-state index is 10.9. The molecule has 3 aromatic heterocycles. The lowest BCUT2D eigenvalue weighted by Crippen LogP contribution is -2.30. The van der Waals surface area contributed by atoms with E-state index in [1.165, 1.54) is 6.33 Å². The quantitative estimate of drug-likeness (QED) is 0.514. The van der Waals surface area contributed by atoms with Crippen molar-refractivity contribution >= 4 is 28.2 Å². The largest absolute Gasteiger partial charge is 0.475 e. The molecule has 1 unspecified atom stereocenters. The first-order valence-electron chi connectivity index (χ1n) is 8.61. The van der Waals surface area contributed by atoms with E-state index >= 15 is 0 Å². The first kappa shape index (κ1) is 17.0. The summed E-state index contributed by atoms with van der Waals surface area (Å²) in [6.45, 7) is 2.57. The molecule has 10 heteroatoms. The fourth-order valence-corrected chi connectivity index (χ4v) is 3.56. The minimum Gasteiger partial charge on any atom is -0.475 e. The number of aromatic nitrogens is 5. The van der Waals surface area contributed by atoms with E-state index in [1.807, 2.05) is 35.0 Å². The maximum Gasteiger partial charge on any atom is 0.327 e. The van der Waals surface area contributed by atoms with Gasteiger partial charge in [0.05, 0.1) is 12.1 Å². The summed E-state index contributed by atoms with van der Waals surface area (Å²) in [5, 5.41) is 20.0. The van der Waals surface area contributed by atoms with Crippen molar-refractivity contribution in [2.45, 2.75) is 13.2 Å². The van der Waals surface area contributed by atoms with Crippen LogP contribution in [0.3, 0.4) is 0 Å². The Labute approximate surface area is 164 Å². The molecule has 1 aliphatic rings. The van der Waals surface area contributed by atoms with Gasteiger partial charge < -0.3 is 19.2 Å². The van der Waals surface area contributed by atoms with Crippen LogP contribution in [0.5, 0.6) is 5.88 Å². The van der Waals surface area contributed by atoms with Crippen LogP contribution in [-0.4, -0.2) is 43.0 Å². The lowest BCUT2D eigenvalue weighted by molar-refractivity contribution is 0.174. The topological polar surface area (TPSA) is 102 Å². The van der Waals surface area contributed by atoms with Crippen molar-refractivity contribution in [3.63, 3.8) is 0 Å². The Morgan fingerprint density at radius 1 is 1.21 bits per heavy atom. The molecule has 4 aromatic rings. The zero-order valence-corrected chi connectivity index (χ0v) is 15.5. The Bertz CT molecular complexity index is 1170.